The minimum absolute atomic E-state index is 0.0111. The van der Waals surface area contributed by atoms with Crippen molar-refractivity contribution in [1.82, 2.24) is 9.80 Å². The number of piperidine rings is 1. The van der Waals surface area contributed by atoms with Crippen molar-refractivity contribution in [2.45, 2.75) is 52.1 Å². The van der Waals surface area contributed by atoms with Gasteiger partial charge in [0.2, 0.25) is 5.91 Å². The van der Waals surface area contributed by atoms with Gasteiger partial charge in [0, 0.05) is 58.6 Å². The van der Waals surface area contributed by atoms with Crippen molar-refractivity contribution in [3.8, 4) is 0 Å². The van der Waals surface area contributed by atoms with E-state index in [1.807, 2.05) is 39.0 Å². The summed E-state index contributed by atoms with van der Waals surface area (Å²) in [5.74, 6) is -1.32. The average Bonchev–Trinajstić information content (AvgIpc) is 2.85. The van der Waals surface area contributed by atoms with Crippen LogP contribution < -0.4 is 4.90 Å². The normalized spacial score (nSPS) is 17.6. The fourth-order valence-corrected chi connectivity index (χ4v) is 6.08. The molecular weight excluding hydrogens is 500 g/mol. The third-order valence-corrected chi connectivity index (χ3v) is 8.19. The summed E-state index contributed by atoms with van der Waals surface area (Å²) in [6.07, 6.45) is -0.475. The molecule has 0 spiro atoms. The number of benzene rings is 2. The number of hydrogen-bond acceptors (Lipinski definition) is 4. The molecular formula is C31H41F2N3O3. The van der Waals surface area contributed by atoms with Crippen molar-refractivity contribution >= 4 is 17.5 Å². The Kier molecular flexibility index (Phi) is 8.64. The van der Waals surface area contributed by atoms with Crippen LogP contribution in [0.15, 0.2) is 36.4 Å². The third kappa shape index (κ3) is 6.43. The number of carbonyl (C=O) groups is 2. The molecule has 212 valence electrons. The number of likely N-dealkylation sites (tertiary alicyclic amines) is 1. The number of alkyl halides is 2. The van der Waals surface area contributed by atoms with E-state index in [0.29, 0.717) is 30.5 Å². The molecule has 2 amide bonds. The summed E-state index contributed by atoms with van der Waals surface area (Å²) in [5, 5.41) is 0. The summed E-state index contributed by atoms with van der Waals surface area (Å²) in [4.78, 5) is 31.1. The first kappa shape index (κ1) is 29.0. The molecule has 2 aliphatic rings. The highest BCUT2D eigenvalue weighted by molar-refractivity contribution is 5.95. The first-order valence-electron chi connectivity index (χ1n) is 13.8. The summed E-state index contributed by atoms with van der Waals surface area (Å²) in [5.41, 5.74) is 4.83. The Hall–Kier alpha value is -3.00. The number of anilines is 1. The van der Waals surface area contributed by atoms with Gasteiger partial charge in [-0.05, 0) is 81.2 Å². The molecule has 2 fully saturated rings. The van der Waals surface area contributed by atoms with Gasteiger partial charge in [-0.25, -0.2) is 0 Å². The zero-order chi connectivity index (χ0) is 28.5. The highest BCUT2D eigenvalue weighted by Crippen LogP contribution is 2.39. The monoisotopic (exact) mass is 541 g/mol. The second kappa shape index (κ2) is 11.6. The zero-order valence-corrected chi connectivity index (χ0v) is 24.0. The first-order valence-corrected chi connectivity index (χ1v) is 13.8. The molecule has 0 aliphatic carbocycles. The standard InChI is InChI=1S/C31H41F2N3O3/c1-20-13-21(2)15-25(14-20)28(31(32,33)39-6)30(38)36-18-24(19-36)17-23-9-11-35(12-10-23)26-7-8-27(22(3)16-26)29(37)34(4)5/h7-8,13-16,23-24,28H,9-12,17-19H2,1-6H3. The van der Waals surface area contributed by atoms with Crippen LogP contribution in [0.5, 0.6) is 0 Å². The van der Waals surface area contributed by atoms with Gasteiger partial charge in [0.15, 0.2) is 5.92 Å². The molecule has 0 aromatic heterocycles. The Labute approximate surface area is 230 Å². The number of hydrogen-bond donors (Lipinski definition) is 0. The first-order chi connectivity index (χ1) is 18.4. The quantitative estimate of drug-likeness (QED) is 0.449. The van der Waals surface area contributed by atoms with Gasteiger partial charge < -0.3 is 19.4 Å². The molecule has 39 heavy (non-hydrogen) atoms. The minimum Gasteiger partial charge on any atom is -0.372 e. The van der Waals surface area contributed by atoms with E-state index in [1.165, 1.54) is 0 Å². The van der Waals surface area contributed by atoms with E-state index in [1.54, 1.807) is 36.0 Å². The maximum Gasteiger partial charge on any atom is 0.371 e. The number of rotatable bonds is 8. The highest BCUT2D eigenvalue weighted by Gasteiger charge is 2.49. The summed E-state index contributed by atoms with van der Waals surface area (Å²) in [6.45, 7) is 8.57. The van der Waals surface area contributed by atoms with Gasteiger partial charge in [0.25, 0.3) is 5.91 Å². The molecule has 2 aromatic carbocycles. The number of aryl methyl sites for hydroxylation is 3. The average molecular weight is 542 g/mol. The zero-order valence-electron chi connectivity index (χ0n) is 24.0. The maximum absolute atomic E-state index is 14.8. The van der Waals surface area contributed by atoms with E-state index < -0.39 is 17.9 Å². The predicted octanol–water partition coefficient (Wildman–Crippen LogP) is 5.40. The number of ether oxygens (including phenoxy) is 1. The van der Waals surface area contributed by atoms with Crippen LogP contribution in [-0.4, -0.2) is 75.1 Å². The van der Waals surface area contributed by atoms with Crippen molar-refractivity contribution in [1.29, 1.82) is 0 Å². The Morgan fingerprint density at radius 2 is 1.62 bits per heavy atom. The van der Waals surface area contributed by atoms with E-state index in [4.69, 9.17) is 0 Å². The lowest BCUT2D eigenvalue weighted by atomic mass is 9.82. The minimum atomic E-state index is -3.58. The summed E-state index contributed by atoms with van der Waals surface area (Å²) in [7, 11) is 4.47. The van der Waals surface area contributed by atoms with E-state index in [9.17, 15) is 18.4 Å². The summed E-state index contributed by atoms with van der Waals surface area (Å²) in [6, 6.07) is 11.3. The lowest BCUT2D eigenvalue weighted by Gasteiger charge is -2.44. The van der Waals surface area contributed by atoms with E-state index >= 15 is 0 Å². The SMILES string of the molecule is COC(F)(F)C(C(=O)N1CC(CC2CCN(c3ccc(C(=O)N(C)C)c(C)c3)CC2)C1)c1cc(C)cc(C)c1. The molecule has 4 rings (SSSR count). The van der Waals surface area contributed by atoms with Crippen LogP contribution in [-0.2, 0) is 9.53 Å². The molecule has 0 radical (unpaired) electrons. The van der Waals surface area contributed by atoms with Crippen molar-refractivity contribution < 1.29 is 23.1 Å². The molecule has 2 saturated heterocycles. The molecule has 1 atom stereocenters. The maximum atomic E-state index is 14.8. The second-order valence-electron chi connectivity index (χ2n) is 11.6. The molecule has 2 aliphatic heterocycles. The number of amides is 2. The number of halogens is 2. The van der Waals surface area contributed by atoms with Crippen LogP contribution in [0, 0.1) is 32.6 Å². The summed E-state index contributed by atoms with van der Waals surface area (Å²) >= 11 is 0. The van der Waals surface area contributed by atoms with E-state index in [0.717, 1.165) is 67.4 Å². The van der Waals surface area contributed by atoms with E-state index in [2.05, 4.69) is 15.7 Å². The molecule has 0 N–H and O–H groups in total. The lowest BCUT2D eigenvalue weighted by Crippen LogP contribution is -2.54. The van der Waals surface area contributed by atoms with Crippen LogP contribution in [0.4, 0.5) is 14.5 Å². The molecule has 1 unspecified atom stereocenters. The van der Waals surface area contributed by atoms with Crippen molar-refractivity contribution in [3.63, 3.8) is 0 Å². The van der Waals surface area contributed by atoms with Crippen LogP contribution in [0.3, 0.4) is 0 Å². The van der Waals surface area contributed by atoms with Gasteiger partial charge in [0.05, 0.1) is 0 Å². The van der Waals surface area contributed by atoms with Crippen molar-refractivity contribution in [2.24, 2.45) is 11.8 Å². The molecule has 0 bridgehead atoms. The van der Waals surface area contributed by atoms with Gasteiger partial charge in [-0.3, -0.25) is 9.59 Å². The second-order valence-corrected chi connectivity index (χ2v) is 11.6. The number of nitrogens with zero attached hydrogens (tertiary/aromatic N) is 3. The molecule has 6 nitrogen and oxygen atoms in total. The number of methoxy groups -OCH3 is 1. The fraction of sp³-hybridized carbons (Fsp3) is 0.548. The summed E-state index contributed by atoms with van der Waals surface area (Å²) < 4.78 is 34.1. The van der Waals surface area contributed by atoms with Gasteiger partial charge in [-0.2, -0.15) is 8.78 Å². The van der Waals surface area contributed by atoms with Crippen molar-refractivity contribution in [3.05, 3.63) is 64.2 Å². The molecule has 2 aromatic rings. The number of carbonyl (C=O) groups excluding carboxylic acids is 2. The molecule has 8 heteroatoms. The largest absolute Gasteiger partial charge is 0.372 e. The molecule has 2 heterocycles. The Bertz CT molecular complexity index is 1180. The Balaban J connectivity index is 1.31. The Morgan fingerprint density at radius 1 is 1.00 bits per heavy atom. The van der Waals surface area contributed by atoms with Crippen LogP contribution in [0.1, 0.15) is 57.8 Å². The smallest absolute Gasteiger partial charge is 0.371 e. The van der Waals surface area contributed by atoms with Gasteiger partial charge >= 0.3 is 6.11 Å². The molecule has 0 saturated carbocycles. The predicted molar refractivity (Wildman–Crippen MR) is 149 cm³/mol. The van der Waals surface area contributed by atoms with E-state index in [-0.39, 0.29) is 5.91 Å². The van der Waals surface area contributed by atoms with Gasteiger partial charge in [-0.1, -0.05) is 29.3 Å². The van der Waals surface area contributed by atoms with Gasteiger partial charge in [0.1, 0.15) is 0 Å². The lowest BCUT2D eigenvalue weighted by molar-refractivity contribution is -0.239. The topological polar surface area (TPSA) is 53.1 Å². The van der Waals surface area contributed by atoms with Crippen LogP contribution in [0.2, 0.25) is 0 Å². The van der Waals surface area contributed by atoms with Crippen LogP contribution >= 0.6 is 0 Å². The Morgan fingerprint density at radius 3 is 2.15 bits per heavy atom. The highest BCUT2D eigenvalue weighted by atomic mass is 19.3. The van der Waals surface area contributed by atoms with Gasteiger partial charge in [-0.15, -0.1) is 0 Å². The third-order valence-electron chi connectivity index (χ3n) is 8.19. The fourth-order valence-electron chi connectivity index (χ4n) is 6.08. The van der Waals surface area contributed by atoms with Crippen LogP contribution in [0.25, 0.3) is 0 Å². The van der Waals surface area contributed by atoms with Crippen molar-refractivity contribution in [2.75, 3.05) is 52.3 Å².